The average molecular weight is 487 g/mol. The molecule has 0 spiro atoms. The summed E-state index contributed by atoms with van der Waals surface area (Å²) in [6.07, 6.45) is 5.45. The normalized spacial score (nSPS) is 18.7. The number of nitriles is 1. The van der Waals surface area contributed by atoms with Gasteiger partial charge in [0.05, 0.1) is 12.1 Å². The number of ether oxygens (including phenoxy) is 3. The van der Waals surface area contributed by atoms with Crippen LogP contribution in [0, 0.1) is 17.2 Å². The molecule has 186 valence electrons. The first-order valence-electron chi connectivity index (χ1n) is 11.8. The molecule has 1 fully saturated rings. The Kier molecular flexibility index (Phi) is 8.42. The van der Waals surface area contributed by atoms with Crippen LogP contribution in [0.3, 0.4) is 0 Å². The van der Waals surface area contributed by atoms with Crippen LogP contribution in [0.5, 0.6) is 11.6 Å². The van der Waals surface area contributed by atoms with Crippen LogP contribution in [0.4, 0.5) is 8.78 Å². The Morgan fingerprint density at radius 1 is 1.23 bits per heavy atom. The number of carbonyl (C=O) groups excluding carboxylic acids is 1. The van der Waals surface area contributed by atoms with Gasteiger partial charge >= 0.3 is 6.61 Å². The molecule has 1 unspecified atom stereocenters. The minimum Gasteiger partial charge on any atom is -0.464 e. The maximum Gasteiger partial charge on any atom is 0.387 e. The van der Waals surface area contributed by atoms with E-state index in [4.69, 9.17) is 14.7 Å². The van der Waals surface area contributed by atoms with Crippen molar-refractivity contribution in [3.8, 4) is 17.7 Å². The number of nitrogens with one attached hydrogen (secondary N) is 1. The molecule has 0 radical (unpaired) electrons. The number of rotatable bonds is 9. The van der Waals surface area contributed by atoms with E-state index >= 15 is 0 Å². The summed E-state index contributed by atoms with van der Waals surface area (Å²) in [4.78, 5) is 22.1. The number of aryl methyl sites for hydroxylation is 1. The van der Waals surface area contributed by atoms with E-state index in [1.165, 1.54) is 12.1 Å². The molecule has 2 atom stereocenters. The van der Waals surface area contributed by atoms with E-state index in [1.807, 2.05) is 0 Å². The van der Waals surface area contributed by atoms with E-state index in [-0.39, 0.29) is 18.1 Å². The van der Waals surface area contributed by atoms with E-state index in [1.54, 1.807) is 18.3 Å². The van der Waals surface area contributed by atoms with Crippen molar-refractivity contribution in [2.24, 2.45) is 5.92 Å². The molecule has 1 N–H and O–H groups in total. The SMILES string of the molecule is N#CCCC(NC(=O)[C@H]1CCc2cnc(CC3CCOCC3)nc2O1)c1ccc(OC(F)F)cc1. The summed E-state index contributed by atoms with van der Waals surface area (Å²) in [5, 5.41) is 12.0. The van der Waals surface area contributed by atoms with Gasteiger partial charge in [0.25, 0.3) is 5.91 Å². The Labute approximate surface area is 202 Å². The molecule has 2 aliphatic heterocycles. The van der Waals surface area contributed by atoms with Crippen LogP contribution in [0.1, 0.15) is 55.1 Å². The lowest BCUT2D eigenvalue weighted by molar-refractivity contribution is -0.129. The summed E-state index contributed by atoms with van der Waals surface area (Å²) in [5.74, 6) is 1.33. The molecular formula is C25H28F2N4O4. The average Bonchev–Trinajstić information content (AvgIpc) is 2.87. The van der Waals surface area contributed by atoms with Gasteiger partial charge in [0, 0.05) is 37.8 Å². The molecule has 3 heterocycles. The molecular weight excluding hydrogens is 458 g/mol. The Morgan fingerprint density at radius 3 is 2.71 bits per heavy atom. The standard InChI is InChI=1S/C25H28F2N4O4/c26-25(27)34-19-6-3-17(4-7-19)20(2-1-11-28)30-23(32)21-8-5-18-15-29-22(31-24(18)35-21)14-16-9-12-33-13-10-16/h3-4,6-7,15-16,20-21,25H,1-2,5,8-10,12-14H2,(H,30,32)/t20?,21-/m1/s1. The first-order chi connectivity index (χ1) is 17.0. The fourth-order valence-corrected chi connectivity index (χ4v) is 4.35. The highest BCUT2D eigenvalue weighted by Crippen LogP contribution is 2.28. The van der Waals surface area contributed by atoms with Gasteiger partial charge in [0.1, 0.15) is 11.6 Å². The number of alkyl halides is 2. The van der Waals surface area contributed by atoms with Gasteiger partial charge in [-0.3, -0.25) is 4.79 Å². The van der Waals surface area contributed by atoms with Gasteiger partial charge in [-0.15, -0.1) is 0 Å². The summed E-state index contributed by atoms with van der Waals surface area (Å²) in [6, 6.07) is 7.65. The molecule has 1 saturated heterocycles. The van der Waals surface area contributed by atoms with Crippen molar-refractivity contribution in [1.29, 1.82) is 5.26 Å². The third-order valence-corrected chi connectivity index (χ3v) is 6.28. The molecule has 10 heteroatoms. The summed E-state index contributed by atoms with van der Waals surface area (Å²) in [6.45, 7) is -1.41. The number of amides is 1. The number of halogens is 2. The molecule has 0 saturated carbocycles. The smallest absolute Gasteiger partial charge is 0.387 e. The summed E-state index contributed by atoms with van der Waals surface area (Å²) < 4.78 is 40.6. The first kappa shape index (κ1) is 24.8. The van der Waals surface area contributed by atoms with Gasteiger partial charge in [-0.2, -0.15) is 19.0 Å². The number of hydrogen-bond donors (Lipinski definition) is 1. The molecule has 0 bridgehead atoms. The second kappa shape index (κ2) is 11.9. The summed E-state index contributed by atoms with van der Waals surface area (Å²) in [5.41, 5.74) is 1.56. The molecule has 1 amide bonds. The Bertz CT molecular complexity index is 1040. The molecule has 1 aromatic carbocycles. The van der Waals surface area contributed by atoms with E-state index in [0.717, 1.165) is 38.0 Å². The Morgan fingerprint density at radius 2 is 2.00 bits per heavy atom. The maximum atomic E-state index is 13.1. The highest BCUT2D eigenvalue weighted by Gasteiger charge is 2.30. The highest BCUT2D eigenvalue weighted by molar-refractivity contribution is 5.81. The van der Waals surface area contributed by atoms with Crippen molar-refractivity contribution in [3.63, 3.8) is 0 Å². The fraction of sp³-hybridized carbons (Fsp3) is 0.520. The molecule has 2 aromatic rings. The zero-order chi connectivity index (χ0) is 24.6. The number of hydrogen-bond acceptors (Lipinski definition) is 7. The molecule has 1 aromatic heterocycles. The Hall–Kier alpha value is -3.32. The lowest BCUT2D eigenvalue weighted by atomic mass is 9.96. The quantitative estimate of drug-likeness (QED) is 0.573. The highest BCUT2D eigenvalue weighted by atomic mass is 19.3. The van der Waals surface area contributed by atoms with Gasteiger partial charge in [0.15, 0.2) is 6.10 Å². The number of benzene rings is 1. The van der Waals surface area contributed by atoms with Crippen molar-refractivity contribution in [2.75, 3.05) is 13.2 Å². The van der Waals surface area contributed by atoms with Crippen LogP contribution in [-0.4, -0.2) is 41.8 Å². The van der Waals surface area contributed by atoms with E-state index < -0.39 is 18.8 Å². The number of fused-ring (bicyclic) bond motifs is 1. The fourth-order valence-electron chi connectivity index (χ4n) is 4.35. The van der Waals surface area contributed by atoms with E-state index in [2.05, 4.69) is 26.1 Å². The molecule has 4 rings (SSSR count). The van der Waals surface area contributed by atoms with E-state index in [0.29, 0.717) is 42.4 Å². The zero-order valence-corrected chi connectivity index (χ0v) is 19.3. The van der Waals surface area contributed by atoms with Crippen molar-refractivity contribution in [1.82, 2.24) is 15.3 Å². The van der Waals surface area contributed by atoms with Gasteiger partial charge in [0.2, 0.25) is 5.88 Å². The molecule has 8 nitrogen and oxygen atoms in total. The number of carbonyl (C=O) groups is 1. The lowest BCUT2D eigenvalue weighted by Gasteiger charge is -2.27. The van der Waals surface area contributed by atoms with E-state index in [9.17, 15) is 13.6 Å². The molecule has 0 aliphatic carbocycles. The van der Waals surface area contributed by atoms with Crippen LogP contribution in [0.25, 0.3) is 0 Å². The third kappa shape index (κ3) is 6.85. The van der Waals surface area contributed by atoms with Crippen molar-refractivity contribution in [2.45, 2.75) is 63.7 Å². The third-order valence-electron chi connectivity index (χ3n) is 6.28. The van der Waals surface area contributed by atoms with Gasteiger partial charge in [-0.1, -0.05) is 12.1 Å². The van der Waals surface area contributed by atoms with Crippen LogP contribution in [-0.2, 0) is 22.4 Å². The van der Waals surface area contributed by atoms with Crippen LogP contribution >= 0.6 is 0 Å². The summed E-state index contributed by atoms with van der Waals surface area (Å²) >= 11 is 0. The second-order valence-corrected chi connectivity index (χ2v) is 8.73. The summed E-state index contributed by atoms with van der Waals surface area (Å²) in [7, 11) is 0. The van der Waals surface area contributed by atoms with Gasteiger partial charge < -0.3 is 19.5 Å². The lowest BCUT2D eigenvalue weighted by Crippen LogP contribution is -2.42. The zero-order valence-electron chi connectivity index (χ0n) is 19.3. The molecule has 35 heavy (non-hydrogen) atoms. The maximum absolute atomic E-state index is 13.1. The second-order valence-electron chi connectivity index (χ2n) is 8.73. The van der Waals surface area contributed by atoms with Gasteiger partial charge in [-0.05, 0) is 55.7 Å². The van der Waals surface area contributed by atoms with Crippen molar-refractivity contribution in [3.05, 3.63) is 47.4 Å². The molecule has 2 aliphatic rings. The van der Waals surface area contributed by atoms with Crippen LogP contribution in [0.15, 0.2) is 30.5 Å². The van der Waals surface area contributed by atoms with Crippen LogP contribution in [0.2, 0.25) is 0 Å². The Balaban J connectivity index is 1.40. The van der Waals surface area contributed by atoms with Gasteiger partial charge in [-0.25, -0.2) is 4.98 Å². The minimum atomic E-state index is -2.91. The minimum absolute atomic E-state index is 0.0255. The van der Waals surface area contributed by atoms with Crippen molar-refractivity contribution < 1.29 is 27.8 Å². The van der Waals surface area contributed by atoms with Crippen LogP contribution < -0.4 is 14.8 Å². The predicted molar refractivity (Wildman–Crippen MR) is 121 cm³/mol. The number of aromatic nitrogens is 2. The predicted octanol–water partition coefficient (Wildman–Crippen LogP) is 3.90. The number of nitrogens with zero attached hydrogens (tertiary/aromatic N) is 3. The first-order valence-corrected chi connectivity index (χ1v) is 11.8. The largest absolute Gasteiger partial charge is 0.464 e. The monoisotopic (exact) mass is 486 g/mol. The van der Waals surface area contributed by atoms with Crippen molar-refractivity contribution >= 4 is 5.91 Å². The topological polar surface area (TPSA) is 106 Å².